The molecule has 1 saturated heterocycles. The molecule has 0 atom stereocenters. The number of unbranched alkanes of at least 4 members (excludes halogenated alkanes) is 1. The first kappa shape index (κ1) is 21.8. The lowest BCUT2D eigenvalue weighted by Gasteiger charge is -2.31. The SMILES string of the molecule is CCCCOC(=O)N1CCC(Oc2ccc(-c3ccc(OC)c(OC)c3)cc2)CC1. The molecule has 1 fully saturated rings. The average molecular weight is 414 g/mol. The molecule has 0 N–H and O–H groups in total. The van der Waals surface area contributed by atoms with Crippen LogP contribution < -0.4 is 14.2 Å². The Bertz CT molecular complexity index is 813. The molecule has 2 aromatic rings. The quantitative estimate of drug-likeness (QED) is 0.560. The third-order valence-electron chi connectivity index (χ3n) is 5.30. The van der Waals surface area contributed by atoms with Gasteiger partial charge in [-0.3, -0.25) is 0 Å². The van der Waals surface area contributed by atoms with Crippen LogP contribution in [0.4, 0.5) is 4.79 Å². The van der Waals surface area contributed by atoms with Crippen LogP contribution in [0.5, 0.6) is 17.2 Å². The first-order valence-electron chi connectivity index (χ1n) is 10.6. The number of methoxy groups -OCH3 is 2. The summed E-state index contributed by atoms with van der Waals surface area (Å²) in [5.74, 6) is 2.25. The van der Waals surface area contributed by atoms with E-state index in [1.165, 1.54) is 0 Å². The van der Waals surface area contributed by atoms with E-state index in [1.54, 1.807) is 19.1 Å². The Morgan fingerprint density at radius 3 is 2.27 bits per heavy atom. The van der Waals surface area contributed by atoms with E-state index in [0.717, 1.165) is 42.6 Å². The molecule has 0 aromatic heterocycles. The van der Waals surface area contributed by atoms with Crippen LogP contribution in [0.1, 0.15) is 32.6 Å². The Morgan fingerprint density at radius 1 is 0.967 bits per heavy atom. The van der Waals surface area contributed by atoms with Crippen molar-refractivity contribution < 1.29 is 23.7 Å². The summed E-state index contributed by atoms with van der Waals surface area (Å²) in [4.78, 5) is 13.8. The number of amides is 1. The summed E-state index contributed by atoms with van der Waals surface area (Å²) in [5, 5.41) is 0. The van der Waals surface area contributed by atoms with E-state index in [9.17, 15) is 4.79 Å². The number of ether oxygens (including phenoxy) is 4. The number of hydrogen-bond donors (Lipinski definition) is 0. The van der Waals surface area contributed by atoms with Crippen molar-refractivity contribution in [2.24, 2.45) is 0 Å². The van der Waals surface area contributed by atoms with Gasteiger partial charge in [0.1, 0.15) is 11.9 Å². The molecule has 0 unspecified atom stereocenters. The zero-order valence-electron chi connectivity index (χ0n) is 18.1. The van der Waals surface area contributed by atoms with Gasteiger partial charge in [-0.15, -0.1) is 0 Å². The van der Waals surface area contributed by atoms with Crippen molar-refractivity contribution in [1.29, 1.82) is 0 Å². The second-order valence-electron chi connectivity index (χ2n) is 7.37. The van der Waals surface area contributed by atoms with Crippen molar-refractivity contribution >= 4 is 6.09 Å². The highest BCUT2D eigenvalue weighted by molar-refractivity contribution is 5.68. The van der Waals surface area contributed by atoms with Gasteiger partial charge >= 0.3 is 6.09 Å². The van der Waals surface area contributed by atoms with Gasteiger partial charge in [0.25, 0.3) is 0 Å². The third-order valence-corrected chi connectivity index (χ3v) is 5.30. The van der Waals surface area contributed by atoms with E-state index < -0.39 is 0 Å². The van der Waals surface area contributed by atoms with E-state index in [-0.39, 0.29) is 12.2 Å². The maximum absolute atomic E-state index is 12.0. The van der Waals surface area contributed by atoms with E-state index >= 15 is 0 Å². The Kier molecular flexibility index (Phi) is 7.82. The molecular weight excluding hydrogens is 382 g/mol. The highest BCUT2D eigenvalue weighted by Crippen LogP contribution is 2.33. The lowest BCUT2D eigenvalue weighted by Crippen LogP contribution is -2.42. The molecule has 0 bridgehead atoms. The minimum atomic E-state index is -0.207. The summed E-state index contributed by atoms with van der Waals surface area (Å²) in [6.45, 7) is 3.91. The van der Waals surface area contributed by atoms with E-state index in [2.05, 4.69) is 6.92 Å². The average Bonchev–Trinajstić information content (AvgIpc) is 2.79. The molecule has 1 amide bonds. The lowest BCUT2D eigenvalue weighted by molar-refractivity contribution is 0.0670. The van der Waals surface area contributed by atoms with Crippen molar-refractivity contribution in [1.82, 2.24) is 4.90 Å². The summed E-state index contributed by atoms with van der Waals surface area (Å²) in [6.07, 6.45) is 3.44. The molecule has 0 saturated carbocycles. The number of piperidine rings is 1. The molecular formula is C24H31NO5. The number of hydrogen-bond acceptors (Lipinski definition) is 5. The summed E-state index contributed by atoms with van der Waals surface area (Å²) in [6, 6.07) is 13.9. The molecule has 2 aromatic carbocycles. The zero-order chi connectivity index (χ0) is 21.3. The minimum absolute atomic E-state index is 0.108. The number of carbonyl (C=O) groups is 1. The van der Waals surface area contributed by atoms with E-state index in [1.807, 2.05) is 42.5 Å². The standard InChI is InChI=1S/C24H31NO5/c1-4-5-16-29-24(26)25-14-12-21(13-15-25)30-20-9-6-18(7-10-20)19-8-11-22(27-2)23(17-19)28-3/h6-11,17,21H,4-5,12-16H2,1-3H3. The van der Waals surface area contributed by atoms with Gasteiger partial charge in [-0.1, -0.05) is 31.5 Å². The fourth-order valence-electron chi connectivity index (χ4n) is 3.49. The van der Waals surface area contributed by atoms with Crippen LogP contribution in [0, 0.1) is 0 Å². The van der Waals surface area contributed by atoms with E-state index in [0.29, 0.717) is 31.2 Å². The highest BCUT2D eigenvalue weighted by atomic mass is 16.6. The van der Waals surface area contributed by atoms with Gasteiger partial charge in [-0.05, 0) is 41.8 Å². The Balaban J connectivity index is 1.52. The van der Waals surface area contributed by atoms with Gasteiger partial charge in [-0.2, -0.15) is 0 Å². The largest absolute Gasteiger partial charge is 0.493 e. The fourth-order valence-corrected chi connectivity index (χ4v) is 3.49. The molecule has 3 rings (SSSR count). The van der Waals surface area contributed by atoms with Gasteiger partial charge in [0.2, 0.25) is 0 Å². The van der Waals surface area contributed by atoms with Gasteiger partial charge in [0, 0.05) is 25.9 Å². The maximum atomic E-state index is 12.0. The number of nitrogens with zero attached hydrogens (tertiary/aromatic N) is 1. The Hall–Kier alpha value is -2.89. The van der Waals surface area contributed by atoms with Crippen LogP contribution >= 0.6 is 0 Å². The van der Waals surface area contributed by atoms with Crippen molar-refractivity contribution in [3.63, 3.8) is 0 Å². The van der Waals surface area contributed by atoms with Crippen molar-refractivity contribution in [2.45, 2.75) is 38.7 Å². The van der Waals surface area contributed by atoms with Crippen LogP contribution in [0.15, 0.2) is 42.5 Å². The fraction of sp³-hybridized carbons (Fsp3) is 0.458. The number of carbonyl (C=O) groups excluding carboxylic acids is 1. The number of likely N-dealkylation sites (tertiary alicyclic amines) is 1. The van der Waals surface area contributed by atoms with Gasteiger partial charge in [0.15, 0.2) is 11.5 Å². The third kappa shape index (κ3) is 5.59. The Morgan fingerprint density at radius 2 is 1.63 bits per heavy atom. The molecule has 0 aliphatic carbocycles. The van der Waals surface area contributed by atoms with Crippen LogP contribution in [-0.2, 0) is 4.74 Å². The molecule has 1 aliphatic heterocycles. The van der Waals surface area contributed by atoms with Crippen LogP contribution in [-0.4, -0.2) is 51.0 Å². The molecule has 1 aliphatic rings. The van der Waals surface area contributed by atoms with Crippen LogP contribution in [0.25, 0.3) is 11.1 Å². The molecule has 162 valence electrons. The second kappa shape index (κ2) is 10.8. The monoisotopic (exact) mass is 413 g/mol. The summed E-state index contributed by atoms with van der Waals surface area (Å²) >= 11 is 0. The topological polar surface area (TPSA) is 57.2 Å². The van der Waals surface area contributed by atoms with Crippen molar-refractivity contribution in [3.05, 3.63) is 42.5 Å². The first-order chi connectivity index (χ1) is 14.6. The normalized spacial score (nSPS) is 14.3. The second-order valence-corrected chi connectivity index (χ2v) is 7.37. The highest BCUT2D eigenvalue weighted by Gasteiger charge is 2.24. The maximum Gasteiger partial charge on any atom is 0.409 e. The van der Waals surface area contributed by atoms with Crippen molar-refractivity contribution in [3.8, 4) is 28.4 Å². The van der Waals surface area contributed by atoms with Gasteiger partial charge in [0.05, 0.1) is 20.8 Å². The molecule has 30 heavy (non-hydrogen) atoms. The predicted octanol–water partition coefficient (Wildman–Crippen LogP) is 5.15. The molecule has 6 heteroatoms. The van der Waals surface area contributed by atoms with Gasteiger partial charge < -0.3 is 23.8 Å². The summed E-state index contributed by atoms with van der Waals surface area (Å²) in [5.41, 5.74) is 2.13. The van der Waals surface area contributed by atoms with E-state index in [4.69, 9.17) is 18.9 Å². The first-order valence-corrected chi connectivity index (χ1v) is 10.6. The lowest BCUT2D eigenvalue weighted by atomic mass is 10.0. The van der Waals surface area contributed by atoms with Crippen LogP contribution in [0.3, 0.4) is 0 Å². The molecule has 1 heterocycles. The van der Waals surface area contributed by atoms with Crippen LogP contribution in [0.2, 0.25) is 0 Å². The zero-order valence-corrected chi connectivity index (χ0v) is 18.1. The molecule has 0 radical (unpaired) electrons. The Labute approximate surface area is 178 Å². The number of rotatable bonds is 8. The summed E-state index contributed by atoms with van der Waals surface area (Å²) in [7, 11) is 3.26. The van der Waals surface area contributed by atoms with Gasteiger partial charge in [-0.25, -0.2) is 4.79 Å². The van der Waals surface area contributed by atoms with Crippen molar-refractivity contribution in [2.75, 3.05) is 33.9 Å². The number of benzene rings is 2. The smallest absolute Gasteiger partial charge is 0.409 e. The predicted molar refractivity (Wildman–Crippen MR) is 116 cm³/mol. The summed E-state index contributed by atoms with van der Waals surface area (Å²) < 4.78 is 22.1. The minimum Gasteiger partial charge on any atom is -0.493 e. The molecule has 0 spiro atoms. The molecule has 6 nitrogen and oxygen atoms in total.